The summed E-state index contributed by atoms with van der Waals surface area (Å²) in [7, 11) is 1.96. The fraction of sp³-hybridized carbons (Fsp3) is 0.318. The van der Waals surface area contributed by atoms with E-state index < -0.39 is 0 Å². The lowest BCUT2D eigenvalue weighted by Gasteiger charge is -2.25. The molecule has 1 amide bonds. The zero-order chi connectivity index (χ0) is 19.9. The largest absolute Gasteiger partial charge is 0.310 e. The number of anilines is 1. The van der Waals surface area contributed by atoms with Crippen LogP contribution in [-0.4, -0.2) is 39.2 Å². The highest BCUT2D eigenvalue weighted by molar-refractivity contribution is 5.91. The second-order valence-corrected chi connectivity index (χ2v) is 6.94. The molecule has 2 heterocycles. The van der Waals surface area contributed by atoms with E-state index in [0.717, 1.165) is 29.9 Å². The van der Waals surface area contributed by atoms with E-state index in [4.69, 9.17) is 0 Å². The molecule has 0 aliphatic carbocycles. The number of carbonyl (C=O) groups is 1. The van der Waals surface area contributed by atoms with Crippen molar-refractivity contribution in [1.82, 2.24) is 19.7 Å². The van der Waals surface area contributed by atoms with Crippen molar-refractivity contribution in [2.24, 2.45) is 0 Å². The Morgan fingerprint density at radius 3 is 2.68 bits per heavy atom. The Bertz CT molecular complexity index is 906. The van der Waals surface area contributed by atoms with Gasteiger partial charge < -0.3 is 5.32 Å². The lowest BCUT2D eigenvalue weighted by molar-refractivity contribution is -0.117. The Morgan fingerprint density at radius 1 is 1.14 bits per heavy atom. The number of hydrogen-bond donors (Lipinski definition) is 1. The van der Waals surface area contributed by atoms with Crippen LogP contribution in [0.5, 0.6) is 0 Å². The highest BCUT2D eigenvalue weighted by Crippen LogP contribution is 2.25. The van der Waals surface area contributed by atoms with Crippen LogP contribution in [-0.2, 0) is 11.3 Å². The standard InChI is InChI=1S/C22H27N5O/c1-4-14-27-21(10-13-24-27)25-22(28)16-26(3)17(2)19-6-5-7-20(15-19)18-8-11-23-12-9-18/h5-13,15,17H,4,14,16H2,1-3H3,(H,25,28). The van der Waals surface area contributed by atoms with Crippen molar-refractivity contribution < 1.29 is 4.79 Å². The van der Waals surface area contributed by atoms with Crippen molar-refractivity contribution in [3.05, 3.63) is 66.6 Å². The van der Waals surface area contributed by atoms with E-state index in [1.807, 2.05) is 34.8 Å². The van der Waals surface area contributed by atoms with E-state index in [0.29, 0.717) is 6.54 Å². The van der Waals surface area contributed by atoms with Crippen LogP contribution in [0.4, 0.5) is 5.82 Å². The van der Waals surface area contributed by atoms with E-state index in [1.54, 1.807) is 18.6 Å². The number of pyridine rings is 1. The van der Waals surface area contributed by atoms with Crippen LogP contribution in [0.25, 0.3) is 11.1 Å². The SMILES string of the molecule is CCCn1nccc1NC(=O)CN(C)C(C)c1cccc(-c2ccncc2)c1. The Hall–Kier alpha value is -2.99. The predicted octanol–water partition coefficient (Wildman–Crippen LogP) is 3.99. The minimum atomic E-state index is -0.0440. The molecule has 1 aromatic carbocycles. The van der Waals surface area contributed by atoms with Crippen LogP contribution in [0.2, 0.25) is 0 Å². The van der Waals surface area contributed by atoms with Gasteiger partial charge >= 0.3 is 0 Å². The normalized spacial score (nSPS) is 12.1. The minimum absolute atomic E-state index is 0.0440. The lowest BCUT2D eigenvalue weighted by atomic mass is 10.0. The van der Waals surface area contributed by atoms with Crippen molar-refractivity contribution in [3.8, 4) is 11.1 Å². The molecular formula is C22H27N5O. The maximum atomic E-state index is 12.5. The number of nitrogens with one attached hydrogen (secondary N) is 1. The summed E-state index contributed by atoms with van der Waals surface area (Å²) >= 11 is 0. The summed E-state index contributed by atoms with van der Waals surface area (Å²) in [5.74, 6) is 0.699. The van der Waals surface area contributed by atoms with Crippen molar-refractivity contribution in [2.45, 2.75) is 32.9 Å². The number of rotatable bonds is 8. The fourth-order valence-corrected chi connectivity index (χ4v) is 3.15. The number of benzene rings is 1. The topological polar surface area (TPSA) is 63.1 Å². The third-order valence-corrected chi connectivity index (χ3v) is 4.86. The van der Waals surface area contributed by atoms with Gasteiger partial charge in [0.05, 0.1) is 12.7 Å². The van der Waals surface area contributed by atoms with Crippen LogP contribution in [0, 0.1) is 0 Å². The maximum Gasteiger partial charge on any atom is 0.239 e. The summed E-state index contributed by atoms with van der Waals surface area (Å²) in [5, 5.41) is 7.21. The van der Waals surface area contributed by atoms with E-state index in [-0.39, 0.29) is 11.9 Å². The Balaban J connectivity index is 1.65. The third kappa shape index (κ3) is 4.84. The molecule has 0 aliphatic heterocycles. The maximum absolute atomic E-state index is 12.5. The summed E-state index contributed by atoms with van der Waals surface area (Å²) < 4.78 is 1.82. The monoisotopic (exact) mass is 377 g/mol. The van der Waals surface area contributed by atoms with Crippen molar-refractivity contribution in [3.63, 3.8) is 0 Å². The van der Waals surface area contributed by atoms with Gasteiger partial charge in [-0.1, -0.05) is 25.1 Å². The quantitative estimate of drug-likeness (QED) is 0.645. The second-order valence-electron chi connectivity index (χ2n) is 6.94. The van der Waals surface area contributed by atoms with Gasteiger partial charge in [-0.3, -0.25) is 14.7 Å². The molecule has 6 heteroatoms. The molecule has 1 atom stereocenters. The van der Waals surface area contributed by atoms with Gasteiger partial charge in [0, 0.05) is 31.0 Å². The van der Waals surface area contributed by atoms with Gasteiger partial charge in [0.2, 0.25) is 5.91 Å². The molecule has 3 rings (SSSR count). The molecule has 146 valence electrons. The van der Waals surface area contributed by atoms with Gasteiger partial charge in [-0.15, -0.1) is 0 Å². The number of aryl methyl sites for hydroxylation is 1. The third-order valence-electron chi connectivity index (χ3n) is 4.86. The fourth-order valence-electron chi connectivity index (χ4n) is 3.15. The molecule has 0 spiro atoms. The first-order valence-corrected chi connectivity index (χ1v) is 9.60. The molecule has 3 aromatic rings. The molecule has 0 aliphatic rings. The average Bonchev–Trinajstić information content (AvgIpc) is 3.15. The highest BCUT2D eigenvalue weighted by Gasteiger charge is 2.16. The molecular weight excluding hydrogens is 350 g/mol. The smallest absolute Gasteiger partial charge is 0.239 e. The average molecular weight is 377 g/mol. The number of aromatic nitrogens is 3. The van der Waals surface area contributed by atoms with E-state index in [9.17, 15) is 4.79 Å². The molecule has 28 heavy (non-hydrogen) atoms. The molecule has 0 radical (unpaired) electrons. The lowest BCUT2D eigenvalue weighted by Crippen LogP contribution is -2.32. The minimum Gasteiger partial charge on any atom is -0.310 e. The number of nitrogens with zero attached hydrogens (tertiary/aromatic N) is 4. The van der Waals surface area contributed by atoms with Crippen LogP contribution >= 0.6 is 0 Å². The Labute approximate surface area is 166 Å². The zero-order valence-electron chi connectivity index (χ0n) is 16.7. The molecule has 6 nitrogen and oxygen atoms in total. The number of likely N-dealkylation sites (N-methyl/N-ethyl adjacent to an activating group) is 1. The van der Waals surface area contributed by atoms with Crippen molar-refractivity contribution in [1.29, 1.82) is 0 Å². The Morgan fingerprint density at radius 2 is 1.93 bits per heavy atom. The van der Waals surface area contributed by atoms with Gasteiger partial charge in [-0.2, -0.15) is 5.10 Å². The van der Waals surface area contributed by atoms with Crippen LogP contribution in [0.3, 0.4) is 0 Å². The molecule has 0 fully saturated rings. The van der Waals surface area contributed by atoms with Gasteiger partial charge in [0.15, 0.2) is 0 Å². The molecule has 1 unspecified atom stereocenters. The first kappa shape index (κ1) is 19.8. The number of carbonyl (C=O) groups excluding carboxylic acids is 1. The summed E-state index contributed by atoms with van der Waals surface area (Å²) in [5.41, 5.74) is 3.45. The molecule has 1 N–H and O–H groups in total. The predicted molar refractivity (Wildman–Crippen MR) is 112 cm³/mol. The molecule has 0 bridgehead atoms. The van der Waals surface area contributed by atoms with Gasteiger partial charge in [-0.25, -0.2) is 4.68 Å². The van der Waals surface area contributed by atoms with Gasteiger partial charge in [0.25, 0.3) is 0 Å². The van der Waals surface area contributed by atoms with E-state index in [1.165, 1.54) is 5.56 Å². The summed E-state index contributed by atoms with van der Waals surface area (Å²) in [6.07, 6.45) is 6.27. The first-order valence-electron chi connectivity index (χ1n) is 9.60. The molecule has 2 aromatic heterocycles. The highest BCUT2D eigenvalue weighted by atomic mass is 16.2. The number of amides is 1. The summed E-state index contributed by atoms with van der Waals surface area (Å²) in [6, 6.07) is 14.3. The van der Waals surface area contributed by atoms with E-state index in [2.05, 4.69) is 53.5 Å². The summed E-state index contributed by atoms with van der Waals surface area (Å²) in [6.45, 7) is 5.29. The van der Waals surface area contributed by atoms with Crippen molar-refractivity contribution >= 4 is 11.7 Å². The van der Waals surface area contributed by atoms with Crippen LogP contribution in [0.1, 0.15) is 31.9 Å². The van der Waals surface area contributed by atoms with Gasteiger partial charge in [0.1, 0.15) is 5.82 Å². The zero-order valence-corrected chi connectivity index (χ0v) is 16.7. The summed E-state index contributed by atoms with van der Waals surface area (Å²) in [4.78, 5) is 18.6. The van der Waals surface area contributed by atoms with Crippen LogP contribution in [0.15, 0.2) is 61.1 Å². The molecule has 0 saturated heterocycles. The van der Waals surface area contributed by atoms with Crippen LogP contribution < -0.4 is 5.32 Å². The Kier molecular flexibility index (Phi) is 6.55. The first-order chi connectivity index (χ1) is 13.6. The second kappa shape index (κ2) is 9.28. The molecule has 0 saturated carbocycles. The number of hydrogen-bond acceptors (Lipinski definition) is 4. The van der Waals surface area contributed by atoms with E-state index >= 15 is 0 Å². The van der Waals surface area contributed by atoms with Crippen molar-refractivity contribution in [2.75, 3.05) is 18.9 Å². The van der Waals surface area contributed by atoms with Gasteiger partial charge in [-0.05, 0) is 55.3 Å².